The van der Waals surface area contributed by atoms with Gasteiger partial charge < -0.3 is 10.1 Å². The highest BCUT2D eigenvalue weighted by atomic mass is 127. The van der Waals surface area contributed by atoms with Crippen LogP contribution in [-0.4, -0.2) is 12.1 Å². The summed E-state index contributed by atoms with van der Waals surface area (Å²) in [7, 11) is 1.70. The molecule has 2 aromatic rings. The average Bonchev–Trinajstić information content (AvgIpc) is 2.38. The highest BCUT2D eigenvalue weighted by molar-refractivity contribution is 14.1. The lowest BCUT2D eigenvalue weighted by atomic mass is 10.1. The summed E-state index contributed by atoms with van der Waals surface area (Å²) >= 11 is 2.31. The Balaban J connectivity index is 2.16. The van der Waals surface area contributed by atoms with Gasteiger partial charge in [0.15, 0.2) is 0 Å². The van der Waals surface area contributed by atoms with Gasteiger partial charge in [0, 0.05) is 26.6 Å². The monoisotopic (exact) mass is 368 g/mol. The maximum atomic E-state index is 5.42. The highest BCUT2D eigenvalue weighted by Crippen LogP contribution is 2.24. The number of halogens is 1. The maximum absolute atomic E-state index is 5.42. The molecule has 0 radical (unpaired) electrons. The number of nitrogens with one attached hydrogen (secondary N) is 1. The van der Waals surface area contributed by atoms with Gasteiger partial charge in [-0.1, -0.05) is 6.07 Å². The van der Waals surface area contributed by atoms with Gasteiger partial charge in [0.25, 0.3) is 0 Å². The van der Waals surface area contributed by atoms with E-state index >= 15 is 0 Å². The number of hydrogen-bond donors (Lipinski definition) is 1. The first kappa shape index (κ1) is 14.1. The molecule has 1 N–H and O–H groups in total. The van der Waals surface area contributed by atoms with Gasteiger partial charge in [-0.2, -0.15) is 0 Å². The van der Waals surface area contributed by atoms with E-state index in [1.807, 2.05) is 26.1 Å². The van der Waals surface area contributed by atoms with Gasteiger partial charge in [0.05, 0.1) is 19.3 Å². The number of hydrogen-bond acceptors (Lipinski definition) is 3. The van der Waals surface area contributed by atoms with Crippen LogP contribution in [0, 0.1) is 17.4 Å². The Morgan fingerprint density at radius 1 is 1.32 bits per heavy atom. The van der Waals surface area contributed by atoms with Crippen molar-refractivity contribution in [2.24, 2.45) is 0 Å². The van der Waals surface area contributed by atoms with E-state index in [1.165, 1.54) is 3.57 Å². The molecule has 1 heterocycles. The molecule has 0 saturated carbocycles. The lowest BCUT2D eigenvalue weighted by Gasteiger charge is -2.13. The first-order valence-corrected chi connectivity index (χ1v) is 7.18. The minimum absolute atomic E-state index is 0.697. The van der Waals surface area contributed by atoms with E-state index in [9.17, 15) is 0 Å². The van der Waals surface area contributed by atoms with Crippen molar-refractivity contribution in [3.63, 3.8) is 0 Å². The molecule has 0 atom stereocenters. The molecule has 0 aliphatic carbocycles. The summed E-state index contributed by atoms with van der Waals surface area (Å²) in [6.45, 7) is 4.75. The second-order valence-corrected chi connectivity index (χ2v) is 5.66. The van der Waals surface area contributed by atoms with Crippen LogP contribution < -0.4 is 10.1 Å². The first-order valence-electron chi connectivity index (χ1n) is 6.10. The molecule has 1 aromatic heterocycles. The molecule has 100 valence electrons. The van der Waals surface area contributed by atoms with Gasteiger partial charge in [0.1, 0.15) is 5.75 Å². The molecule has 0 aliphatic heterocycles. The van der Waals surface area contributed by atoms with Crippen LogP contribution in [0.15, 0.2) is 30.5 Å². The number of aryl methyl sites for hydroxylation is 1. The standard InChI is InChI=1S/C15H17IN2O/c1-10-8-18-14(11(2)15(10)19-3)9-17-13-6-4-5-12(16)7-13/h4-8,17H,9H2,1-3H3. The van der Waals surface area contributed by atoms with E-state index in [2.05, 4.69) is 51.1 Å². The number of aromatic nitrogens is 1. The van der Waals surface area contributed by atoms with E-state index in [4.69, 9.17) is 4.74 Å². The number of ether oxygens (including phenoxy) is 1. The van der Waals surface area contributed by atoms with Crippen molar-refractivity contribution < 1.29 is 4.74 Å². The summed E-state index contributed by atoms with van der Waals surface area (Å²) in [4.78, 5) is 4.48. The Bertz CT molecular complexity index is 584. The van der Waals surface area contributed by atoms with Crippen molar-refractivity contribution in [3.8, 4) is 5.75 Å². The normalized spacial score (nSPS) is 10.3. The second-order valence-electron chi connectivity index (χ2n) is 4.41. The molecule has 0 amide bonds. The van der Waals surface area contributed by atoms with E-state index in [-0.39, 0.29) is 0 Å². The van der Waals surface area contributed by atoms with Crippen LogP contribution in [0.25, 0.3) is 0 Å². The number of nitrogens with zero attached hydrogens (tertiary/aromatic N) is 1. The van der Waals surface area contributed by atoms with Crippen LogP contribution in [0.1, 0.15) is 16.8 Å². The van der Waals surface area contributed by atoms with E-state index < -0.39 is 0 Å². The molecule has 0 fully saturated rings. The zero-order valence-electron chi connectivity index (χ0n) is 11.3. The van der Waals surface area contributed by atoms with E-state index in [1.54, 1.807) is 7.11 Å². The molecule has 0 aliphatic rings. The fraction of sp³-hybridized carbons (Fsp3) is 0.267. The van der Waals surface area contributed by atoms with E-state index in [0.29, 0.717) is 6.54 Å². The zero-order valence-corrected chi connectivity index (χ0v) is 13.5. The summed E-state index contributed by atoms with van der Waals surface area (Å²) in [5.41, 5.74) is 4.28. The van der Waals surface area contributed by atoms with Crippen molar-refractivity contribution in [2.45, 2.75) is 20.4 Å². The fourth-order valence-corrected chi connectivity index (χ4v) is 2.58. The van der Waals surface area contributed by atoms with Crippen LogP contribution in [0.4, 0.5) is 5.69 Å². The van der Waals surface area contributed by atoms with Crippen molar-refractivity contribution in [1.82, 2.24) is 4.98 Å². The number of pyridine rings is 1. The summed E-state index contributed by atoms with van der Waals surface area (Å²) in [6, 6.07) is 8.29. The van der Waals surface area contributed by atoms with Gasteiger partial charge in [-0.15, -0.1) is 0 Å². The molecule has 3 nitrogen and oxygen atoms in total. The Labute approximate surface area is 127 Å². The molecule has 0 saturated heterocycles. The predicted octanol–water partition coefficient (Wildman–Crippen LogP) is 3.92. The molecule has 4 heteroatoms. The van der Waals surface area contributed by atoms with Crippen molar-refractivity contribution in [2.75, 3.05) is 12.4 Å². The topological polar surface area (TPSA) is 34.1 Å². The summed E-state index contributed by atoms with van der Waals surface area (Å²) in [5.74, 6) is 0.925. The minimum atomic E-state index is 0.697. The molecule has 2 rings (SSSR count). The molecule has 0 unspecified atom stereocenters. The molecular weight excluding hydrogens is 351 g/mol. The highest BCUT2D eigenvalue weighted by Gasteiger charge is 2.09. The number of anilines is 1. The van der Waals surface area contributed by atoms with Gasteiger partial charge in [-0.25, -0.2) is 0 Å². The van der Waals surface area contributed by atoms with Gasteiger partial charge in [0.2, 0.25) is 0 Å². The van der Waals surface area contributed by atoms with Crippen LogP contribution >= 0.6 is 22.6 Å². The number of rotatable bonds is 4. The maximum Gasteiger partial charge on any atom is 0.128 e. The van der Waals surface area contributed by atoms with Gasteiger partial charge in [-0.3, -0.25) is 4.98 Å². The van der Waals surface area contributed by atoms with Gasteiger partial charge in [-0.05, 0) is 54.6 Å². The van der Waals surface area contributed by atoms with Crippen molar-refractivity contribution in [1.29, 1.82) is 0 Å². The van der Waals surface area contributed by atoms with Crippen LogP contribution in [0.3, 0.4) is 0 Å². The van der Waals surface area contributed by atoms with E-state index in [0.717, 1.165) is 28.3 Å². The van der Waals surface area contributed by atoms with Crippen LogP contribution in [-0.2, 0) is 6.54 Å². The first-order chi connectivity index (χ1) is 9.11. The Hall–Kier alpha value is -1.30. The Morgan fingerprint density at radius 3 is 2.79 bits per heavy atom. The third kappa shape index (κ3) is 3.37. The quantitative estimate of drug-likeness (QED) is 0.831. The number of methoxy groups -OCH3 is 1. The van der Waals surface area contributed by atoms with Gasteiger partial charge >= 0.3 is 0 Å². The largest absolute Gasteiger partial charge is 0.496 e. The van der Waals surface area contributed by atoms with Crippen LogP contribution in [0.2, 0.25) is 0 Å². The lowest BCUT2D eigenvalue weighted by Crippen LogP contribution is -2.06. The summed E-state index contributed by atoms with van der Waals surface area (Å²) in [6.07, 6.45) is 1.86. The lowest BCUT2D eigenvalue weighted by molar-refractivity contribution is 0.407. The number of benzene rings is 1. The molecule has 19 heavy (non-hydrogen) atoms. The Kier molecular flexibility index (Phi) is 4.63. The zero-order chi connectivity index (χ0) is 13.8. The molecule has 0 bridgehead atoms. The molecule has 0 spiro atoms. The smallest absolute Gasteiger partial charge is 0.128 e. The van der Waals surface area contributed by atoms with Crippen molar-refractivity contribution >= 4 is 28.3 Å². The summed E-state index contributed by atoms with van der Waals surface area (Å²) in [5, 5.41) is 3.39. The molecular formula is C15H17IN2O. The Morgan fingerprint density at radius 2 is 2.11 bits per heavy atom. The summed E-state index contributed by atoms with van der Waals surface area (Å²) < 4.78 is 6.64. The predicted molar refractivity (Wildman–Crippen MR) is 86.7 cm³/mol. The SMILES string of the molecule is COc1c(C)cnc(CNc2cccc(I)c2)c1C. The molecule has 1 aromatic carbocycles. The second kappa shape index (κ2) is 6.23. The fourth-order valence-electron chi connectivity index (χ4n) is 2.03. The third-order valence-electron chi connectivity index (χ3n) is 3.03. The van der Waals surface area contributed by atoms with Crippen LogP contribution in [0.5, 0.6) is 5.75 Å². The third-order valence-corrected chi connectivity index (χ3v) is 3.71. The average molecular weight is 368 g/mol. The minimum Gasteiger partial charge on any atom is -0.496 e. The van der Waals surface area contributed by atoms with Crippen molar-refractivity contribution in [3.05, 3.63) is 50.9 Å².